The Labute approximate surface area is 151 Å². The molecule has 0 N–H and O–H groups in total. The first-order valence-electron chi connectivity index (χ1n) is 9.72. The number of rotatable bonds is 5. The summed E-state index contributed by atoms with van der Waals surface area (Å²) in [6.07, 6.45) is 12.6. The maximum atomic E-state index is 12.2. The molecule has 1 aromatic rings. The van der Waals surface area contributed by atoms with Gasteiger partial charge in [-0.15, -0.1) is 0 Å². The first-order chi connectivity index (χ1) is 12.3. The van der Waals surface area contributed by atoms with Gasteiger partial charge < -0.3 is 14.5 Å². The normalized spacial score (nSPS) is 22.5. The van der Waals surface area contributed by atoms with E-state index in [9.17, 15) is 4.79 Å². The van der Waals surface area contributed by atoms with Gasteiger partial charge in [0.1, 0.15) is 0 Å². The predicted octanol–water partition coefficient (Wildman–Crippen LogP) is 3.69. The van der Waals surface area contributed by atoms with Gasteiger partial charge in [-0.05, 0) is 49.8 Å². The Morgan fingerprint density at radius 1 is 1.28 bits per heavy atom. The first kappa shape index (κ1) is 18.2. The Morgan fingerprint density at radius 3 is 2.84 bits per heavy atom. The topological polar surface area (TPSA) is 45.7 Å². The lowest BCUT2D eigenvalue weighted by Gasteiger charge is -2.41. The molecule has 2 heterocycles. The minimum absolute atomic E-state index is 0.237. The molecular weight excluding hydrogens is 314 g/mol. The van der Waals surface area contributed by atoms with Crippen LogP contribution in [0.4, 0.5) is 4.79 Å². The second-order valence-electron chi connectivity index (χ2n) is 7.51. The van der Waals surface area contributed by atoms with Crippen LogP contribution in [-0.2, 0) is 11.3 Å². The lowest BCUT2D eigenvalue weighted by Crippen LogP contribution is -2.47. The number of hydrogen-bond donors (Lipinski definition) is 0. The number of methoxy groups -OCH3 is 1. The van der Waals surface area contributed by atoms with Crippen LogP contribution >= 0.6 is 0 Å². The summed E-state index contributed by atoms with van der Waals surface area (Å²) in [5.74, 6) is 0.534. The molecule has 25 heavy (non-hydrogen) atoms. The van der Waals surface area contributed by atoms with E-state index in [1.54, 1.807) is 6.20 Å². The molecule has 1 aromatic heterocycles. The van der Waals surface area contributed by atoms with Crippen LogP contribution < -0.4 is 0 Å². The predicted molar refractivity (Wildman–Crippen MR) is 98.2 cm³/mol. The van der Waals surface area contributed by atoms with Crippen molar-refractivity contribution in [1.29, 1.82) is 0 Å². The fourth-order valence-electron chi connectivity index (χ4n) is 4.38. The summed E-state index contributed by atoms with van der Waals surface area (Å²) >= 11 is 0. The van der Waals surface area contributed by atoms with Gasteiger partial charge in [0.25, 0.3) is 0 Å². The summed E-state index contributed by atoms with van der Waals surface area (Å²) in [6.45, 7) is 3.68. The smallest absolute Gasteiger partial charge is 0.409 e. The number of pyridine rings is 1. The van der Waals surface area contributed by atoms with Gasteiger partial charge in [-0.1, -0.05) is 25.3 Å². The zero-order valence-corrected chi connectivity index (χ0v) is 15.4. The van der Waals surface area contributed by atoms with Gasteiger partial charge in [-0.3, -0.25) is 4.98 Å². The molecule has 5 heteroatoms. The molecule has 1 saturated heterocycles. The Morgan fingerprint density at radius 2 is 2.12 bits per heavy atom. The molecule has 0 aromatic carbocycles. The third-order valence-electron chi connectivity index (χ3n) is 5.65. The minimum Gasteiger partial charge on any atom is -0.453 e. The van der Waals surface area contributed by atoms with E-state index in [4.69, 9.17) is 4.74 Å². The fraction of sp³-hybridized carbons (Fsp3) is 0.700. The van der Waals surface area contributed by atoms with Gasteiger partial charge in [0, 0.05) is 31.5 Å². The van der Waals surface area contributed by atoms with E-state index in [2.05, 4.69) is 9.88 Å². The number of hydrogen-bond acceptors (Lipinski definition) is 4. The van der Waals surface area contributed by atoms with Gasteiger partial charge >= 0.3 is 6.09 Å². The SMILES string of the molecule is COC(=O)N(Cc1cccnc1)C[C@H]1CCCN(C2CCCCC2)C1. The molecule has 0 spiro atoms. The summed E-state index contributed by atoms with van der Waals surface area (Å²) in [7, 11) is 1.47. The van der Waals surface area contributed by atoms with Crippen LogP contribution in [0.25, 0.3) is 0 Å². The standard InChI is InChI=1S/C20H31N3O2/c1-25-20(24)23(14-17-7-5-11-21-13-17)16-18-8-6-12-22(15-18)19-9-3-2-4-10-19/h5,7,11,13,18-19H,2-4,6,8-10,12,14-16H2,1H3/t18-/m0/s1. The number of likely N-dealkylation sites (tertiary alicyclic amines) is 1. The fourth-order valence-corrected chi connectivity index (χ4v) is 4.38. The van der Waals surface area contributed by atoms with Crippen LogP contribution in [0.5, 0.6) is 0 Å². The quantitative estimate of drug-likeness (QED) is 0.816. The van der Waals surface area contributed by atoms with E-state index < -0.39 is 0 Å². The van der Waals surface area contributed by atoms with Crippen molar-refractivity contribution in [3.05, 3.63) is 30.1 Å². The molecule has 138 valence electrons. The largest absolute Gasteiger partial charge is 0.453 e. The Kier molecular flexibility index (Phi) is 6.68. The van der Waals surface area contributed by atoms with Crippen molar-refractivity contribution in [2.24, 2.45) is 5.92 Å². The first-order valence-corrected chi connectivity index (χ1v) is 9.72. The molecule has 5 nitrogen and oxygen atoms in total. The van der Waals surface area contributed by atoms with Gasteiger partial charge in [-0.2, -0.15) is 0 Å². The number of carbonyl (C=O) groups excluding carboxylic acids is 1. The highest BCUT2D eigenvalue weighted by atomic mass is 16.5. The highest BCUT2D eigenvalue weighted by Crippen LogP contribution is 2.27. The van der Waals surface area contributed by atoms with E-state index in [0.717, 1.165) is 24.7 Å². The van der Waals surface area contributed by atoms with Crippen LogP contribution in [0, 0.1) is 5.92 Å². The lowest BCUT2D eigenvalue weighted by molar-refractivity contribution is 0.0707. The highest BCUT2D eigenvalue weighted by Gasteiger charge is 2.29. The van der Waals surface area contributed by atoms with Crippen molar-refractivity contribution >= 4 is 6.09 Å². The van der Waals surface area contributed by atoms with Crippen LogP contribution in [0.1, 0.15) is 50.5 Å². The van der Waals surface area contributed by atoms with Crippen LogP contribution in [0.15, 0.2) is 24.5 Å². The second kappa shape index (κ2) is 9.18. The Balaban J connectivity index is 1.59. The van der Waals surface area contributed by atoms with E-state index >= 15 is 0 Å². The third kappa shape index (κ3) is 5.18. The zero-order valence-electron chi connectivity index (χ0n) is 15.4. The lowest BCUT2D eigenvalue weighted by atomic mass is 9.90. The molecule has 3 rings (SSSR count). The molecule has 0 unspecified atom stereocenters. The van der Waals surface area contributed by atoms with Crippen LogP contribution in [0.2, 0.25) is 0 Å². The van der Waals surface area contributed by atoms with Crippen molar-refractivity contribution in [1.82, 2.24) is 14.8 Å². The number of aromatic nitrogens is 1. The van der Waals surface area contributed by atoms with E-state index in [1.165, 1.54) is 58.6 Å². The average molecular weight is 345 g/mol. The van der Waals surface area contributed by atoms with E-state index in [-0.39, 0.29) is 6.09 Å². The van der Waals surface area contributed by atoms with Crippen molar-refractivity contribution < 1.29 is 9.53 Å². The zero-order chi connectivity index (χ0) is 17.5. The van der Waals surface area contributed by atoms with Gasteiger partial charge in [0.05, 0.1) is 13.7 Å². The summed E-state index contributed by atoms with van der Waals surface area (Å²) in [5, 5.41) is 0. The third-order valence-corrected chi connectivity index (χ3v) is 5.65. The molecule has 1 amide bonds. The van der Waals surface area contributed by atoms with Crippen molar-refractivity contribution in [3.63, 3.8) is 0 Å². The highest BCUT2D eigenvalue weighted by molar-refractivity contribution is 5.67. The van der Waals surface area contributed by atoms with Crippen molar-refractivity contribution in [2.45, 2.75) is 57.5 Å². The maximum Gasteiger partial charge on any atom is 0.409 e. The summed E-state index contributed by atoms with van der Waals surface area (Å²) in [4.78, 5) is 20.9. The molecule has 1 aliphatic heterocycles. The monoisotopic (exact) mass is 345 g/mol. The average Bonchev–Trinajstić information content (AvgIpc) is 2.68. The maximum absolute atomic E-state index is 12.2. The molecule has 1 aliphatic carbocycles. The van der Waals surface area contributed by atoms with Gasteiger partial charge in [0.15, 0.2) is 0 Å². The Bertz CT molecular complexity index is 531. The molecule has 1 atom stereocenters. The summed E-state index contributed by atoms with van der Waals surface area (Å²) in [6, 6.07) is 4.69. The number of ether oxygens (including phenoxy) is 1. The van der Waals surface area contributed by atoms with Crippen LogP contribution in [-0.4, -0.2) is 53.7 Å². The number of piperidine rings is 1. The number of amides is 1. The summed E-state index contributed by atoms with van der Waals surface area (Å²) in [5.41, 5.74) is 1.05. The van der Waals surface area contributed by atoms with Gasteiger partial charge in [-0.25, -0.2) is 4.79 Å². The molecule has 0 radical (unpaired) electrons. The number of carbonyl (C=O) groups is 1. The van der Waals surface area contributed by atoms with E-state index in [1.807, 2.05) is 23.2 Å². The minimum atomic E-state index is -0.237. The van der Waals surface area contributed by atoms with Crippen molar-refractivity contribution in [2.75, 3.05) is 26.7 Å². The second-order valence-corrected chi connectivity index (χ2v) is 7.51. The molecular formula is C20H31N3O2. The molecule has 0 bridgehead atoms. The van der Waals surface area contributed by atoms with Gasteiger partial charge in [0.2, 0.25) is 0 Å². The summed E-state index contributed by atoms with van der Waals surface area (Å²) < 4.78 is 5.02. The molecule has 1 saturated carbocycles. The molecule has 2 fully saturated rings. The Hall–Kier alpha value is -1.62. The number of nitrogens with zero attached hydrogens (tertiary/aromatic N) is 3. The molecule has 2 aliphatic rings. The van der Waals surface area contributed by atoms with Crippen molar-refractivity contribution in [3.8, 4) is 0 Å². The van der Waals surface area contributed by atoms with E-state index in [0.29, 0.717) is 12.5 Å². The van der Waals surface area contributed by atoms with Crippen LogP contribution in [0.3, 0.4) is 0 Å².